The van der Waals surface area contributed by atoms with Gasteiger partial charge in [0.25, 0.3) is 0 Å². The second-order valence-corrected chi connectivity index (χ2v) is 5.50. The average Bonchev–Trinajstić information content (AvgIpc) is 2.47. The molecule has 0 radical (unpaired) electrons. The first-order valence-electron chi connectivity index (χ1n) is 7.25. The lowest BCUT2D eigenvalue weighted by Gasteiger charge is -2.35. The highest BCUT2D eigenvalue weighted by atomic mass is 19.4. The number of piperazine rings is 1. The monoisotopic (exact) mass is 331 g/mol. The van der Waals surface area contributed by atoms with Crippen LogP contribution in [-0.2, 0) is 15.7 Å². The van der Waals surface area contributed by atoms with Crippen molar-refractivity contribution in [1.29, 1.82) is 0 Å². The highest BCUT2D eigenvalue weighted by molar-refractivity contribution is 5.95. The Morgan fingerprint density at radius 2 is 1.91 bits per heavy atom. The van der Waals surface area contributed by atoms with Gasteiger partial charge in [0.05, 0.1) is 16.9 Å². The molecule has 2 rings (SSSR count). The molecule has 1 heterocycles. The van der Waals surface area contributed by atoms with E-state index in [2.05, 4.69) is 10.2 Å². The Morgan fingerprint density at radius 3 is 2.48 bits per heavy atom. The van der Waals surface area contributed by atoms with E-state index in [1.165, 1.54) is 13.2 Å². The van der Waals surface area contributed by atoms with Crippen molar-refractivity contribution in [1.82, 2.24) is 4.90 Å². The molecule has 8 heteroatoms. The Morgan fingerprint density at radius 1 is 1.26 bits per heavy atom. The topological polar surface area (TPSA) is 44.8 Å². The molecule has 1 aliphatic heterocycles. The van der Waals surface area contributed by atoms with Crippen molar-refractivity contribution < 1.29 is 22.7 Å². The molecule has 5 nitrogen and oxygen atoms in total. The fourth-order valence-corrected chi connectivity index (χ4v) is 2.45. The lowest BCUT2D eigenvalue weighted by atomic mass is 10.1. The van der Waals surface area contributed by atoms with Crippen molar-refractivity contribution in [3.05, 3.63) is 23.8 Å². The predicted molar refractivity (Wildman–Crippen MR) is 81.7 cm³/mol. The standard InChI is InChI=1S/C15H20F3N3O2/c1-20-5-7-21(8-6-20)13-4-3-11(15(16,17)18)9-12(13)19-14(22)10-23-2/h3-4,9H,5-8,10H2,1-2H3,(H,19,22). The van der Waals surface area contributed by atoms with E-state index in [9.17, 15) is 18.0 Å². The van der Waals surface area contributed by atoms with Crippen LogP contribution in [0.15, 0.2) is 18.2 Å². The van der Waals surface area contributed by atoms with Crippen LogP contribution in [0.4, 0.5) is 24.5 Å². The molecule has 0 aliphatic carbocycles. The van der Waals surface area contributed by atoms with E-state index in [1.807, 2.05) is 11.9 Å². The number of carbonyl (C=O) groups is 1. The van der Waals surface area contributed by atoms with Gasteiger partial charge in [0, 0.05) is 33.3 Å². The zero-order valence-electron chi connectivity index (χ0n) is 13.1. The highest BCUT2D eigenvalue weighted by Crippen LogP contribution is 2.35. The van der Waals surface area contributed by atoms with Gasteiger partial charge in [-0.1, -0.05) is 0 Å². The third-order valence-electron chi connectivity index (χ3n) is 3.72. The van der Waals surface area contributed by atoms with Gasteiger partial charge < -0.3 is 19.9 Å². The molecule has 0 atom stereocenters. The minimum absolute atomic E-state index is 0.159. The summed E-state index contributed by atoms with van der Waals surface area (Å²) in [5, 5.41) is 2.51. The molecule has 1 saturated heterocycles. The van der Waals surface area contributed by atoms with Gasteiger partial charge in [-0.25, -0.2) is 0 Å². The molecule has 0 unspecified atom stereocenters. The first-order chi connectivity index (χ1) is 10.8. The van der Waals surface area contributed by atoms with Crippen LogP contribution in [0.2, 0.25) is 0 Å². The molecule has 1 fully saturated rings. The van der Waals surface area contributed by atoms with Crippen molar-refractivity contribution in [2.75, 3.05) is 57.2 Å². The number of hydrogen-bond acceptors (Lipinski definition) is 4. The summed E-state index contributed by atoms with van der Waals surface area (Å²) >= 11 is 0. The molecule has 23 heavy (non-hydrogen) atoms. The number of nitrogens with zero attached hydrogens (tertiary/aromatic N) is 2. The van der Waals surface area contributed by atoms with Crippen LogP contribution in [0.1, 0.15) is 5.56 Å². The second-order valence-electron chi connectivity index (χ2n) is 5.50. The summed E-state index contributed by atoms with van der Waals surface area (Å²) in [6, 6.07) is 3.43. The summed E-state index contributed by atoms with van der Waals surface area (Å²) in [6.07, 6.45) is -4.46. The number of anilines is 2. The first-order valence-corrected chi connectivity index (χ1v) is 7.25. The fourth-order valence-electron chi connectivity index (χ4n) is 2.45. The molecule has 0 saturated carbocycles. The number of ether oxygens (including phenoxy) is 1. The van der Waals surface area contributed by atoms with Gasteiger partial charge in [-0.05, 0) is 25.2 Å². The van der Waals surface area contributed by atoms with Crippen LogP contribution in [0.3, 0.4) is 0 Å². The minimum atomic E-state index is -4.46. The highest BCUT2D eigenvalue weighted by Gasteiger charge is 2.32. The molecule has 1 aliphatic rings. The lowest BCUT2D eigenvalue weighted by molar-refractivity contribution is -0.137. The molecule has 0 bridgehead atoms. The van der Waals surface area contributed by atoms with Crippen LogP contribution >= 0.6 is 0 Å². The molecule has 0 aromatic heterocycles. The van der Waals surface area contributed by atoms with Crippen molar-refractivity contribution in [3.8, 4) is 0 Å². The first kappa shape index (κ1) is 17.6. The summed E-state index contributed by atoms with van der Waals surface area (Å²) < 4.78 is 43.5. The van der Waals surface area contributed by atoms with Crippen molar-refractivity contribution in [3.63, 3.8) is 0 Å². The van der Waals surface area contributed by atoms with E-state index in [0.29, 0.717) is 18.8 Å². The Balaban J connectivity index is 2.30. The number of nitrogens with one attached hydrogen (secondary N) is 1. The van der Waals surface area contributed by atoms with Crippen LogP contribution < -0.4 is 10.2 Å². The van der Waals surface area contributed by atoms with Gasteiger partial charge in [0.2, 0.25) is 5.91 Å². The van der Waals surface area contributed by atoms with E-state index < -0.39 is 17.6 Å². The van der Waals surface area contributed by atoms with Crippen LogP contribution in [0.25, 0.3) is 0 Å². The summed E-state index contributed by atoms with van der Waals surface area (Å²) in [6.45, 7) is 2.79. The van der Waals surface area contributed by atoms with E-state index in [1.54, 1.807) is 0 Å². The Bertz CT molecular complexity index is 555. The Hall–Kier alpha value is -1.80. The largest absolute Gasteiger partial charge is 0.416 e. The van der Waals surface area contributed by atoms with Crippen molar-refractivity contribution in [2.45, 2.75) is 6.18 Å². The van der Waals surface area contributed by atoms with E-state index in [4.69, 9.17) is 4.74 Å². The maximum Gasteiger partial charge on any atom is 0.416 e. The molecule has 1 aromatic carbocycles. The van der Waals surface area contributed by atoms with Crippen LogP contribution in [0.5, 0.6) is 0 Å². The second kappa shape index (κ2) is 7.18. The number of rotatable bonds is 4. The van der Waals surface area contributed by atoms with Crippen molar-refractivity contribution in [2.24, 2.45) is 0 Å². The lowest BCUT2D eigenvalue weighted by Crippen LogP contribution is -2.44. The summed E-state index contributed by atoms with van der Waals surface area (Å²) in [5.74, 6) is -0.484. The van der Waals surface area contributed by atoms with E-state index in [-0.39, 0.29) is 12.3 Å². The zero-order chi connectivity index (χ0) is 17.0. The van der Waals surface area contributed by atoms with Gasteiger partial charge >= 0.3 is 6.18 Å². The number of amides is 1. The van der Waals surface area contributed by atoms with Gasteiger partial charge in [-0.3, -0.25) is 4.79 Å². The summed E-state index contributed by atoms with van der Waals surface area (Å²) in [5.41, 5.74) is -0.0370. The Labute approximate surface area is 133 Å². The predicted octanol–water partition coefficient (Wildman–Crippen LogP) is 2.04. The molecule has 1 amide bonds. The van der Waals surface area contributed by atoms with Gasteiger partial charge in [-0.2, -0.15) is 13.2 Å². The maximum absolute atomic E-state index is 12.9. The Kier molecular flexibility index (Phi) is 5.48. The molecule has 1 N–H and O–H groups in total. The molecular formula is C15H20F3N3O2. The number of likely N-dealkylation sites (N-methyl/N-ethyl adjacent to an activating group) is 1. The maximum atomic E-state index is 12.9. The number of alkyl halides is 3. The SMILES string of the molecule is COCC(=O)Nc1cc(C(F)(F)F)ccc1N1CCN(C)CC1. The molecule has 128 valence electrons. The summed E-state index contributed by atoms with van der Waals surface area (Å²) in [7, 11) is 3.35. The summed E-state index contributed by atoms with van der Waals surface area (Å²) in [4.78, 5) is 15.8. The number of methoxy groups -OCH3 is 1. The van der Waals surface area contributed by atoms with Crippen molar-refractivity contribution >= 4 is 17.3 Å². The normalized spacial score (nSPS) is 16.5. The smallest absolute Gasteiger partial charge is 0.375 e. The number of hydrogen-bond donors (Lipinski definition) is 1. The van der Waals surface area contributed by atoms with E-state index in [0.717, 1.165) is 25.2 Å². The minimum Gasteiger partial charge on any atom is -0.375 e. The molecular weight excluding hydrogens is 311 g/mol. The van der Waals surface area contributed by atoms with Gasteiger partial charge in [0.1, 0.15) is 6.61 Å². The number of benzene rings is 1. The molecule has 0 spiro atoms. The van der Waals surface area contributed by atoms with E-state index >= 15 is 0 Å². The third-order valence-corrected chi connectivity index (χ3v) is 3.72. The van der Waals surface area contributed by atoms with Gasteiger partial charge in [0.15, 0.2) is 0 Å². The van der Waals surface area contributed by atoms with Crippen LogP contribution in [-0.4, -0.2) is 57.8 Å². The van der Waals surface area contributed by atoms with Gasteiger partial charge in [-0.15, -0.1) is 0 Å². The van der Waals surface area contributed by atoms with Crippen LogP contribution in [0, 0.1) is 0 Å². The molecule has 1 aromatic rings. The zero-order valence-corrected chi connectivity index (χ0v) is 13.1. The average molecular weight is 331 g/mol. The quantitative estimate of drug-likeness (QED) is 0.917. The fraction of sp³-hybridized carbons (Fsp3) is 0.533. The third kappa shape index (κ3) is 4.59. The number of carbonyl (C=O) groups excluding carboxylic acids is 1. The number of halogens is 3.